The second kappa shape index (κ2) is 5.30. The lowest BCUT2D eigenvalue weighted by Crippen LogP contribution is -2.33. The summed E-state index contributed by atoms with van der Waals surface area (Å²) in [4.78, 5) is 11.5. The number of carbonyl (C=O) groups excluding carboxylic acids is 1. The third-order valence-electron chi connectivity index (χ3n) is 2.38. The molecule has 1 unspecified atom stereocenters. The van der Waals surface area contributed by atoms with Crippen LogP contribution in [0.25, 0.3) is 0 Å². The molecule has 0 bridgehead atoms. The van der Waals surface area contributed by atoms with Gasteiger partial charge in [0.05, 0.1) is 20.1 Å². The van der Waals surface area contributed by atoms with Gasteiger partial charge in [-0.15, -0.1) is 0 Å². The highest BCUT2D eigenvalue weighted by Gasteiger charge is 2.41. The molecule has 0 radical (unpaired) electrons. The highest BCUT2D eigenvalue weighted by Crippen LogP contribution is 2.35. The van der Waals surface area contributed by atoms with Gasteiger partial charge >= 0.3 is 0 Å². The third kappa shape index (κ3) is 2.24. The molecule has 0 aromatic rings. The van der Waals surface area contributed by atoms with Crippen LogP contribution in [-0.2, 0) is 14.3 Å². The van der Waals surface area contributed by atoms with E-state index in [2.05, 4.69) is 5.92 Å². The van der Waals surface area contributed by atoms with Gasteiger partial charge in [0.15, 0.2) is 5.76 Å². The van der Waals surface area contributed by atoms with E-state index in [1.54, 1.807) is 0 Å². The van der Waals surface area contributed by atoms with Crippen molar-refractivity contribution in [2.75, 3.05) is 14.2 Å². The molecule has 0 saturated carbocycles. The minimum absolute atomic E-state index is 0.00805. The van der Waals surface area contributed by atoms with Crippen LogP contribution < -0.4 is 0 Å². The van der Waals surface area contributed by atoms with Crippen molar-refractivity contribution in [1.82, 2.24) is 0 Å². The van der Waals surface area contributed by atoms with Gasteiger partial charge in [-0.05, 0) is 12.8 Å². The van der Waals surface area contributed by atoms with Crippen LogP contribution in [0.3, 0.4) is 0 Å². The zero-order valence-corrected chi connectivity index (χ0v) is 8.87. The topological polar surface area (TPSA) is 55.8 Å². The molecule has 82 valence electrons. The predicted molar refractivity (Wildman–Crippen MR) is 53.1 cm³/mol. The Labute approximate surface area is 88.9 Å². The number of unbranched alkanes of at least 4 members (excludes halogenated alkanes) is 1. The van der Waals surface area contributed by atoms with Crippen LogP contribution in [-0.4, -0.2) is 25.1 Å². The first-order valence-corrected chi connectivity index (χ1v) is 4.74. The Morgan fingerprint density at radius 3 is 2.67 bits per heavy atom. The number of hydrogen-bond acceptors (Lipinski definition) is 4. The lowest BCUT2D eigenvalue weighted by Gasteiger charge is -2.28. The normalized spacial score (nSPS) is 19.1. The molecule has 4 heteroatoms. The van der Waals surface area contributed by atoms with E-state index in [0.717, 1.165) is 6.42 Å². The van der Waals surface area contributed by atoms with Crippen molar-refractivity contribution in [2.24, 2.45) is 5.92 Å². The summed E-state index contributed by atoms with van der Waals surface area (Å²) in [5.74, 6) is 3.29. The number of methoxy groups -OCH3 is 2. The van der Waals surface area contributed by atoms with Gasteiger partial charge in [0.2, 0.25) is 11.5 Å². The van der Waals surface area contributed by atoms with Gasteiger partial charge < -0.3 is 14.6 Å². The van der Waals surface area contributed by atoms with E-state index >= 15 is 0 Å². The maximum absolute atomic E-state index is 11.5. The average molecular weight is 210 g/mol. The largest absolute Gasteiger partial charge is 0.496 e. The molecule has 0 fully saturated rings. The fraction of sp³-hybridized carbons (Fsp3) is 0.545. The van der Waals surface area contributed by atoms with Crippen molar-refractivity contribution in [2.45, 2.75) is 19.3 Å². The molecule has 0 spiro atoms. The van der Waals surface area contributed by atoms with Gasteiger partial charge in [-0.3, -0.25) is 4.79 Å². The Balaban J connectivity index is 2.47. The molecule has 1 aliphatic carbocycles. The monoisotopic (exact) mass is 210 g/mol. The number of carbonyl (C=O) groups is 1. The maximum Gasteiger partial charge on any atom is 0.211 e. The SMILES string of the molecule is COC1=C(OC)C(CCCC#CO)C1=O. The summed E-state index contributed by atoms with van der Waals surface area (Å²) >= 11 is 0. The van der Waals surface area contributed by atoms with Gasteiger partial charge in [-0.2, -0.15) is 0 Å². The smallest absolute Gasteiger partial charge is 0.211 e. The van der Waals surface area contributed by atoms with Crippen LogP contribution in [0.2, 0.25) is 0 Å². The molecular weight excluding hydrogens is 196 g/mol. The molecule has 15 heavy (non-hydrogen) atoms. The molecule has 1 rings (SSSR count). The standard InChI is InChI=1S/C11H14O4/c1-14-10-8(6-4-3-5-7-12)9(13)11(10)15-2/h8,12H,3-4,6H2,1-2H3. The zero-order valence-electron chi connectivity index (χ0n) is 8.87. The first kappa shape index (κ1) is 11.4. The van der Waals surface area contributed by atoms with Crippen molar-refractivity contribution >= 4 is 5.78 Å². The number of ketones is 1. The predicted octanol–water partition coefficient (Wildman–Crippen LogP) is 1.19. The summed E-state index contributed by atoms with van der Waals surface area (Å²) in [6.07, 6.45) is 3.86. The molecule has 1 aliphatic rings. The van der Waals surface area contributed by atoms with Gasteiger partial charge in [-0.1, -0.05) is 5.92 Å². The molecule has 1 atom stereocenters. The van der Waals surface area contributed by atoms with E-state index < -0.39 is 0 Å². The van der Waals surface area contributed by atoms with Gasteiger partial charge in [0.25, 0.3) is 0 Å². The fourth-order valence-electron chi connectivity index (χ4n) is 1.63. The van der Waals surface area contributed by atoms with Gasteiger partial charge in [0, 0.05) is 6.42 Å². The molecule has 0 heterocycles. The van der Waals surface area contributed by atoms with Crippen LogP contribution in [0.4, 0.5) is 0 Å². The molecule has 0 aromatic carbocycles. The Morgan fingerprint density at radius 1 is 1.40 bits per heavy atom. The van der Waals surface area contributed by atoms with E-state index in [1.165, 1.54) is 14.2 Å². The summed E-state index contributed by atoms with van der Waals surface area (Å²) < 4.78 is 9.97. The van der Waals surface area contributed by atoms with Crippen molar-refractivity contribution in [3.8, 4) is 12.0 Å². The number of Topliss-reactive ketones (excluding diaryl/α,β-unsaturated/α-hetero) is 1. The summed E-state index contributed by atoms with van der Waals surface area (Å²) in [5, 5.41) is 8.25. The summed E-state index contributed by atoms with van der Waals surface area (Å²) in [6, 6.07) is 0. The van der Waals surface area contributed by atoms with Gasteiger partial charge in [0.1, 0.15) is 6.11 Å². The van der Waals surface area contributed by atoms with Crippen molar-refractivity contribution in [3.05, 3.63) is 11.5 Å². The molecule has 1 N–H and O–H groups in total. The Morgan fingerprint density at radius 2 is 2.13 bits per heavy atom. The number of aliphatic hydroxyl groups excluding tert-OH is 1. The molecular formula is C11H14O4. The van der Waals surface area contributed by atoms with Crippen LogP contribution in [0, 0.1) is 17.9 Å². The van der Waals surface area contributed by atoms with E-state index in [4.69, 9.17) is 14.6 Å². The van der Waals surface area contributed by atoms with E-state index in [9.17, 15) is 4.79 Å². The van der Waals surface area contributed by atoms with E-state index in [-0.39, 0.29) is 11.7 Å². The molecule has 4 nitrogen and oxygen atoms in total. The zero-order chi connectivity index (χ0) is 11.3. The number of ether oxygens (including phenoxy) is 2. The summed E-state index contributed by atoms with van der Waals surface area (Å²) in [5.41, 5.74) is 0. The lowest BCUT2D eigenvalue weighted by atomic mass is 9.84. The van der Waals surface area contributed by atoms with Crippen molar-refractivity contribution < 1.29 is 19.4 Å². The fourth-order valence-corrected chi connectivity index (χ4v) is 1.63. The van der Waals surface area contributed by atoms with Crippen LogP contribution >= 0.6 is 0 Å². The number of aliphatic hydroxyl groups is 1. The Hall–Kier alpha value is -1.63. The summed E-state index contributed by atoms with van der Waals surface area (Å²) in [7, 11) is 2.99. The highest BCUT2D eigenvalue weighted by atomic mass is 16.5. The summed E-state index contributed by atoms with van der Waals surface area (Å²) in [6.45, 7) is 0. The molecule has 0 amide bonds. The van der Waals surface area contributed by atoms with Crippen LogP contribution in [0.5, 0.6) is 0 Å². The molecule has 0 aliphatic heterocycles. The molecule has 0 aromatic heterocycles. The highest BCUT2D eigenvalue weighted by molar-refractivity contribution is 6.04. The first-order valence-electron chi connectivity index (χ1n) is 4.74. The number of hydrogen-bond donors (Lipinski definition) is 1. The van der Waals surface area contributed by atoms with Gasteiger partial charge in [-0.25, -0.2) is 0 Å². The minimum Gasteiger partial charge on any atom is -0.496 e. The van der Waals surface area contributed by atoms with Crippen molar-refractivity contribution in [3.63, 3.8) is 0 Å². The lowest BCUT2D eigenvalue weighted by molar-refractivity contribution is -0.127. The van der Waals surface area contributed by atoms with Crippen LogP contribution in [0.15, 0.2) is 11.5 Å². The number of rotatable bonds is 5. The maximum atomic E-state index is 11.5. The second-order valence-electron chi connectivity index (χ2n) is 3.20. The van der Waals surface area contributed by atoms with E-state index in [0.29, 0.717) is 24.4 Å². The minimum atomic E-state index is -0.189. The average Bonchev–Trinajstić information content (AvgIpc) is 2.25. The van der Waals surface area contributed by atoms with Crippen LogP contribution in [0.1, 0.15) is 19.3 Å². The Kier molecular flexibility index (Phi) is 4.04. The quantitative estimate of drug-likeness (QED) is 0.547. The Bertz CT molecular complexity index is 332. The number of allylic oxidation sites excluding steroid dienone is 2. The second-order valence-corrected chi connectivity index (χ2v) is 3.20. The van der Waals surface area contributed by atoms with Crippen molar-refractivity contribution in [1.29, 1.82) is 0 Å². The third-order valence-corrected chi connectivity index (χ3v) is 2.38. The molecule has 0 saturated heterocycles. The first-order chi connectivity index (χ1) is 7.26. The van der Waals surface area contributed by atoms with E-state index in [1.807, 2.05) is 6.11 Å².